The lowest BCUT2D eigenvalue weighted by Gasteiger charge is -2.22. The molecule has 1 fully saturated rings. The van der Waals surface area contributed by atoms with Crippen LogP contribution in [0, 0.1) is 0 Å². The molecule has 1 saturated carbocycles. The first-order valence-electron chi connectivity index (χ1n) is 8.89. The molecule has 0 unspecified atom stereocenters. The monoisotopic (exact) mass is 327 g/mol. The molecule has 1 aromatic carbocycles. The average molecular weight is 327 g/mol. The van der Waals surface area contributed by atoms with Gasteiger partial charge in [-0.3, -0.25) is 4.79 Å². The summed E-state index contributed by atoms with van der Waals surface area (Å²) in [5.74, 6) is 0.644. The Morgan fingerprint density at radius 2 is 2.00 bits per heavy atom. The van der Waals surface area contributed by atoms with Gasteiger partial charge in [0.1, 0.15) is 0 Å². The molecule has 24 heavy (non-hydrogen) atoms. The van der Waals surface area contributed by atoms with Gasteiger partial charge in [0.25, 0.3) is 0 Å². The van der Waals surface area contributed by atoms with Gasteiger partial charge in [-0.2, -0.15) is 0 Å². The molecular formula is C18H25N5O. The molecule has 0 spiro atoms. The first kappa shape index (κ1) is 16.6. The maximum atomic E-state index is 12.6. The van der Waals surface area contributed by atoms with Crippen molar-refractivity contribution in [2.45, 2.75) is 64.0 Å². The minimum atomic E-state index is -0.134. The molecule has 1 heterocycles. The van der Waals surface area contributed by atoms with E-state index in [1.54, 1.807) is 0 Å². The normalized spacial score (nSPS) is 16.7. The highest BCUT2D eigenvalue weighted by molar-refractivity contribution is 5.83. The minimum Gasteiger partial charge on any atom is -0.348 e. The highest BCUT2D eigenvalue weighted by Gasteiger charge is 2.22. The number of hydrogen-bond donors (Lipinski definition) is 1. The zero-order valence-electron chi connectivity index (χ0n) is 14.2. The van der Waals surface area contributed by atoms with Crippen LogP contribution in [0.25, 0.3) is 0 Å². The molecule has 1 aliphatic rings. The molecule has 1 atom stereocenters. The standard InChI is InChI=1S/C18H25N5O/c1-2-16(14-9-5-3-6-10-14)18(24)19-13-17-20-21-22-23(17)15-11-7-4-8-12-15/h3,5-6,9-10,15-16H,2,4,7-8,11-13H2,1H3,(H,19,24)/t16-/m1/s1. The predicted molar refractivity (Wildman–Crippen MR) is 91.3 cm³/mol. The van der Waals surface area contributed by atoms with Gasteiger partial charge in [0.2, 0.25) is 5.91 Å². The summed E-state index contributed by atoms with van der Waals surface area (Å²) in [6.07, 6.45) is 6.75. The van der Waals surface area contributed by atoms with Crippen molar-refractivity contribution in [3.05, 3.63) is 41.7 Å². The topological polar surface area (TPSA) is 72.7 Å². The second-order valence-corrected chi connectivity index (χ2v) is 6.42. The number of nitrogens with zero attached hydrogens (tertiary/aromatic N) is 4. The van der Waals surface area contributed by atoms with Crippen molar-refractivity contribution in [1.29, 1.82) is 0 Å². The first-order chi connectivity index (χ1) is 11.8. The van der Waals surface area contributed by atoms with E-state index in [1.807, 2.05) is 41.9 Å². The maximum Gasteiger partial charge on any atom is 0.227 e. The average Bonchev–Trinajstić information content (AvgIpc) is 3.11. The SMILES string of the molecule is CC[C@@H](C(=O)NCc1nnnn1C1CCCCC1)c1ccccc1. The Kier molecular flexibility index (Phi) is 5.56. The van der Waals surface area contributed by atoms with E-state index in [9.17, 15) is 4.79 Å². The van der Waals surface area contributed by atoms with Gasteiger partial charge in [0.05, 0.1) is 18.5 Å². The molecule has 0 radical (unpaired) electrons. The fourth-order valence-corrected chi connectivity index (χ4v) is 3.49. The Hall–Kier alpha value is -2.24. The van der Waals surface area contributed by atoms with Gasteiger partial charge in [0.15, 0.2) is 5.82 Å². The number of rotatable bonds is 6. The molecule has 2 aromatic rings. The second kappa shape index (κ2) is 8.04. The summed E-state index contributed by atoms with van der Waals surface area (Å²) in [7, 11) is 0. The fourth-order valence-electron chi connectivity index (χ4n) is 3.49. The molecule has 6 heteroatoms. The van der Waals surface area contributed by atoms with Crippen LogP contribution in [0.3, 0.4) is 0 Å². The van der Waals surface area contributed by atoms with E-state index in [0.717, 1.165) is 30.7 Å². The predicted octanol–water partition coefficient (Wildman–Crippen LogP) is 2.99. The summed E-state index contributed by atoms with van der Waals surface area (Å²) >= 11 is 0. The fraction of sp³-hybridized carbons (Fsp3) is 0.556. The van der Waals surface area contributed by atoms with E-state index in [4.69, 9.17) is 0 Å². The summed E-state index contributed by atoms with van der Waals surface area (Å²) < 4.78 is 1.91. The van der Waals surface area contributed by atoms with E-state index < -0.39 is 0 Å². The van der Waals surface area contributed by atoms with Gasteiger partial charge < -0.3 is 5.32 Å². The molecule has 3 rings (SSSR count). The van der Waals surface area contributed by atoms with Crippen LogP contribution in [-0.2, 0) is 11.3 Å². The number of benzene rings is 1. The van der Waals surface area contributed by atoms with Gasteiger partial charge in [-0.05, 0) is 35.3 Å². The molecule has 0 bridgehead atoms. The third kappa shape index (κ3) is 3.80. The Morgan fingerprint density at radius 3 is 2.71 bits per heavy atom. The van der Waals surface area contributed by atoms with Crippen LogP contribution in [-0.4, -0.2) is 26.1 Å². The van der Waals surface area contributed by atoms with Crippen molar-refractivity contribution in [1.82, 2.24) is 25.5 Å². The van der Waals surface area contributed by atoms with Gasteiger partial charge in [-0.15, -0.1) is 5.10 Å². The van der Waals surface area contributed by atoms with Crippen LogP contribution in [0.5, 0.6) is 0 Å². The Balaban J connectivity index is 1.63. The van der Waals surface area contributed by atoms with E-state index in [0.29, 0.717) is 12.6 Å². The highest BCUT2D eigenvalue weighted by atomic mass is 16.1. The molecule has 6 nitrogen and oxygen atoms in total. The molecular weight excluding hydrogens is 302 g/mol. The number of aromatic nitrogens is 4. The van der Waals surface area contributed by atoms with Crippen molar-refractivity contribution < 1.29 is 4.79 Å². The van der Waals surface area contributed by atoms with Crippen molar-refractivity contribution in [2.75, 3.05) is 0 Å². The molecule has 1 aromatic heterocycles. The van der Waals surface area contributed by atoms with E-state index >= 15 is 0 Å². The van der Waals surface area contributed by atoms with Gasteiger partial charge >= 0.3 is 0 Å². The smallest absolute Gasteiger partial charge is 0.227 e. The highest BCUT2D eigenvalue weighted by Crippen LogP contribution is 2.27. The van der Waals surface area contributed by atoms with E-state index in [1.165, 1.54) is 19.3 Å². The number of amides is 1. The van der Waals surface area contributed by atoms with Gasteiger partial charge in [0, 0.05) is 0 Å². The van der Waals surface area contributed by atoms with Crippen LogP contribution in [0.1, 0.15) is 68.8 Å². The van der Waals surface area contributed by atoms with Crippen molar-refractivity contribution in [2.24, 2.45) is 0 Å². The summed E-state index contributed by atoms with van der Waals surface area (Å²) in [5, 5.41) is 15.1. The zero-order valence-corrected chi connectivity index (χ0v) is 14.2. The number of carbonyl (C=O) groups excluding carboxylic acids is 1. The summed E-state index contributed by atoms with van der Waals surface area (Å²) in [6.45, 7) is 2.41. The number of carbonyl (C=O) groups is 1. The number of tetrazole rings is 1. The zero-order chi connectivity index (χ0) is 16.8. The lowest BCUT2D eigenvalue weighted by molar-refractivity contribution is -0.122. The van der Waals surface area contributed by atoms with E-state index in [-0.39, 0.29) is 11.8 Å². The Bertz CT molecular complexity index is 648. The van der Waals surface area contributed by atoms with Crippen LogP contribution in [0.15, 0.2) is 30.3 Å². The molecule has 0 aliphatic heterocycles. The second-order valence-electron chi connectivity index (χ2n) is 6.42. The first-order valence-corrected chi connectivity index (χ1v) is 8.89. The summed E-state index contributed by atoms with van der Waals surface area (Å²) in [5.41, 5.74) is 1.05. The minimum absolute atomic E-state index is 0.0295. The number of nitrogens with one attached hydrogen (secondary N) is 1. The van der Waals surface area contributed by atoms with Crippen LogP contribution in [0.2, 0.25) is 0 Å². The molecule has 1 amide bonds. The molecule has 0 saturated heterocycles. The summed E-state index contributed by atoms with van der Waals surface area (Å²) in [4.78, 5) is 12.6. The Morgan fingerprint density at radius 1 is 1.25 bits per heavy atom. The quantitative estimate of drug-likeness (QED) is 0.885. The van der Waals surface area contributed by atoms with Crippen molar-refractivity contribution >= 4 is 5.91 Å². The van der Waals surface area contributed by atoms with Crippen LogP contribution in [0.4, 0.5) is 0 Å². The molecule has 128 valence electrons. The largest absolute Gasteiger partial charge is 0.348 e. The van der Waals surface area contributed by atoms with Gasteiger partial charge in [-0.1, -0.05) is 56.5 Å². The lowest BCUT2D eigenvalue weighted by Crippen LogP contribution is -2.30. The Labute approximate surface area is 142 Å². The molecule has 1 N–H and O–H groups in total. The molecule has 1 aliphatic carbocycles. The van der Waals surface area contributed by atoms with Crippen LogP contribution < -0.4 is 5.32 Å². The van der Waals surface area contributed by atoms with Crippen molar-refractivity contribution in [3.63, 3.8) is 0 Å². The third-order valence-corrected chi connectivity index (χ3v) is 4.83. The van der Waals surface area contributed by atoms with Gasteiger partial charge in [-0.25, -0.2) is 4.68 Å². The lowest BCUT2D eigenvalue weighted by atomic mass is 9.95. The third-order valence-electron chi connectivity index (χ3n) is 4.83. The van der Waals surface area contributed by atoms with Crippen LogP contribution >= 0.6 is 0 Å². The van der Waals surface area contributed by atoms with E-state index in [2.05, 4.69) is 20.8 Å². The summed E-state index contributed by atoms with van der Waals surface area (Å²) in [6, 6.07) is 10.3. The van der Waals surface area contributed by atoms with Crippen molar-refractivity contribution in [3.8, 4) is 0 Å². The number of hydrogen-bond acceptors (Lipinski definition) is 4. The maximum absolute atomic E-state index is 12.6.